The summed E-state index contributed by atoms with van der Waals surface area (Å²) in [6, 6.07) is 16.0. The zero-order valence-electron chi connectivity index (χ0n) is 19.9. The maximum Gasteiger partial charge on any atom is 0.410 e. The zero-order valence-corrected chi connectivity index (χ0v) is 19.9. The van der Waals surface area contributed by atoms with E-state index in [4.69, 9.17) is 4.74 Å². The van der Waals surface area contributed by atoms with Crippen LogP contribution in [-0.2, 0) is 16.6 Å². The predicted octanol–water partition coefficient (Wildman–Crippen LogP) is 5.93. The number of piperidine rings is 1. The van der Waals surface area contributed by atoms with Gasteiger partial charge in [-0.2, -0.15) is 0 Å². The van der Waals surface area contributed by atoms with Crippen LogP contribution in [0.25, 0.3) is 0 Å². The van der Waals surface area contributed by atoms with Crippen LogP contribution in [-0.4, -0.2) is 35.1 Å². The number of carbonyl (C=O) groups excluding carboxylic acids is 2. The zero-order chi connectivity index (χ0) is 23.2. The third-order valence-corrected chi connectivity index (χ3v) is 7.76. The third kappa shape index (κ3) is 4.03. The Kier molecular flexibility index (Phi) is 5.46. The maximum atomic E-state index is 13.1. The van der Waals surface area contributed by atoms with Crippen LogP contribution in [0, 0.1) is 5.92 Å². The average molecular weight is 447 g/mol. The lowest BCUT2D eigenvalue weighted by atomic mass is 9.52. The fourth-order valence-electron chi connectivity index (χ4n) is 6.42. The fraction of sp³-hybridized carbons (Fsp3) is 0.500. The van der Waals surface area contributed by atoms with Crippen LogP contribution in [0.15, 0.2) is 48.5 Å². The molecule has 0 aromatic heterocycles. The summed E-state index contributed by atoms with van der Waals surface area (Å²) in [5.41, 5.74) is 3.70. The molecule has 2 bridgehead atoms. The standard InChI is InChI=1S/C28H34N2O3/c1-27(2,3)33-26(32)30-16-15-28-14-8-7-11-22(28)24(30)18-19-12-13-20(17-23(19)28)25(31)29-21-9-5-4-6-10-21/h4-6,9-10,12-13,17,22,24H,7-8,11,14-16,18H2,1-3H3,(H,29,31)/t22-,24+,28+/m0/s1. The molecule has 2 aromatic rings. The number of nitrogens with one attached hydrogen (secondary N) is 1. The van der Waals surface area contributed by atoms with Crippen molar-refractivity contribution >= 4 is 17.7 Å². The van der Waals surface area contributed by atoms with Crippen LogP contribution in [0.1, 0.15) is 74.4 Å². The Balaban J connectivity index is 1.47. The summed E-state index contributed by atoms with van der Waals surface area (Å²) in [5, 5.41) is 3.03. The molecule has 1 aliphatic heterocycles. The van der Waals surface area contributed by atoms with Crippen molar-refractivity contribution in [1.82, 2.24) is 4.90 Å². The molecular weight excluding hydrogens is 412 g/mol. The highest BCUT2D eigenvalue weighted by molar-refractivity contribution is 6.04. The van der Waals surface area contributed by atoms with Crippen LogP contribution in [0.5, 0.6) is 0 Å². The first-order valence-corrected chi connectivity index (χ1v) is 12.3. The number of hydrogen-bond donors (Lipinski definition) is 1. The summed E-state index contributed by atoms with van der Waals surface area (Å²) in [6.45, 7) is 6.50. The first-order chi connectivity index (χ1) is 15.8. The van der Waals surface area contributed by atoms with Gasteiger partial charge in [-0.25, -0.2) is 4.79 Å². The summed E-state index contributed by atoms with van der Waals surface area (Å²) in [6.07, 6.45) is 6.25. The van der Waals surface area contributed by atoms with Crippen molar-refractivity contribution in [2.45, 2.75) is 76.4 Å². The Labute approximate surface area is 196 Å². The fourth-order valence-corrected chi connectivity index (χ4v) is 6.42. The molecule has 1 saturated heterocycles. The Morgan fingerprint density at radius 3 is 2.61 bits per heavy atom. The number of fused-ring (bicyclic) bond motifs is 1. The monoisotopic (exact) mass is 446 g/mol. The summed E-state index contributed by atoms with van der Waals surface area (Å²) in [7, 11) is 0. The Morgan fingerprint density at radius 1 is 1.06 bits per heavy atom. The van der Waals surface area contributed by atoms with Gasteiger partial charge in [-0.1, -0.05) is 37.1 Å². The number of hydrogen-bond acceptors (Lipinski definition) is 3. The van der Waals surface area contributed by atoms with E-state index in [2.05, 4.69) is 17.4 Å². The number of para-hydroxylation sites is 1. The molecule has 174 valence electrons. The summed E-state index contributed by atoms with van der Waals surface area (Å²) in [4.78, 5) is 28.1. The molecule has 0 radical (unpaired) electrons. The highest BCUT2D eigenvalue weighted by Crippen LogP contribution is 2.56. The van der Waals surface area contributed by atoms with Crippen molar-refractivity contribution in [3.05, 3.63) is 65.2 Å². The van der Waals surface area contributed by atoms with Crippen molar-refractivity contribution in [2.24, 2.45) is 5.92 Å². The smallest absolute Gasteiger partial charge is 0.410 e. The molecule has 0 unspecified atom stereocenters. The number of anilines is 1. The van der Waals surface area contributed by atoms with Gasteiger partial charge in [-0.15, -0.1) is 0 Å². The largest absolute Gasteiger partial charge is 0.444 e. The molecule has 5 nitrogen and oxygen atoms in total. The van der Waals surface area contributed by atoms with E-state index in [1.807, 2.05) is 62.1 Å². The molecule has 2 aliphatic carbocycles. The van der Waals surface area contributed by atoms with E-state index >= 15 is 0 Å². The maximum absolute atomic E-state index is 13.1. The molecule has 1 saturated carbocycles. The Bertz CT molecular complexity index is 1060. The molecule has 2 fully saturated rings. The molecule has 3 aliphatic rings. The minimum Gasteiger partial charge on any atom is -0.444 e. The van der Waals surface area contributed by atoms with Crippen LogP contribution < -0.4 is 5.32 Å². The van der Waals surface area contributed by atoms with Gasteiger partial charge in [0.25, 0.3) is 5.91 Å². The second-order valence-corrected chi connectivity index (χ2v) is 10.9. The van der Waals surface area contributed by atoms with Gasteiger partial charge in [0.15, 0.2) is 0 Å². The number of amides is 2. The van der Waals surface area contributed by atoms with Crippen molar-refractivity contribution < 1.29 is 14.3 Å². The van der Waals surface area contributed by atoms with E-state index in [1.165, 1.54) is 24.0 Å². The van der Waals surface area contributed by atoms with E-state index in [1.54, 1.807) is 0 Å². The molecule has 33 heavy (non-hydrogen) atoms. The van der Waals surface area contributed by atoms with Crippen molar-refractivity contribution in [2.75, 3.05) is 11.9 Å². The third-order valence-electron chi connectivity index (χ3n) is 7.76. The second kappa shape index (κ2) is 8.19. The first kappa shape index (κ1) is 22.0. The number of likely N-dealkylation sites (tertiary alicyclic amines) is 1. The molecule has 2 amide bonds. The van der Waals surface area contributed by atoms with Crippen molar-refractivity contribution in [1.29, 1.82) is 0 Å². The highest BCUT2D eigenvalue weighted by Gasteiger charge is 2.55. The highest BCUT2D eigenvalue weighted by atomic mass is 16.6. The van der Waals surface area contributed by atoms with Gasteiger partial charge in [0.05, 0.1) is 0 Å². The van der Waals surface area contributed by atoms with Crippen LogP contribution in [0.3, 0.4) is 0 Å². The Hall–Kier alpha value is -2.82. The van der Waals surface area contributed by atoms with Gasteiger partial charge in [-0.3, -0.25) is 4.79 Å². The average Bonchev–Trinajstić information content (AvgIpc) is 2.78. The minimum absolute atomic E-state index is 0.0536. The summed E-state index contributed by atoms with van der Waals surface area (Å²) >= 11 is 0. The second-order valence-electron chi connectivity index (χ2n) is 10.9. The molecule has 2 aromatic carbocycles. The molecular formula is C28H34N2O3. The lowest BCUT2D eigenvalue weighted by molar-refractivity contribution is -0.0348. The van der Waals surface area contributed by atoms with Gasteiger partial charge in [0.2, 0.25) is 0 Å². The molecule has 1 N–H and O–H groups in total. The Morgan fingerprint density at radius 2 is 1.85 bits per heavy atom. The SMILES string of the molecule is CC(C)(C)OC(=O)N1CC[C@]23CCCC[C@H]2[C@H]1Cc1ccc(C(=O)Nc2ccccc2)cc13. The molecule has 3 atom stereocenters. The van der Waals surface area contributed by atoms with Gasteiger partial charge >= 0.3 is 6.09 Å². The number of ether oxygens (including phenoxy) is 1. The number of carbonyl (C=O) groups is 2. The van der Waals surface area contributed by atoms with Crippen LogP contribution in [0.4, 0.5) is 10.5 Å². The first-order valence-electron chi connectivity index (χ1n) is 12.3. The minimum atomic E-state index is -0.494. The molecule has 5 rings (SSSR count). The van der Waals surface area contributed by atoms with Crippen LogP contribution in [0.2, 0.25) is 0 Å². The van der Waals surface area contributed by atoms with E-state index < -0.39 is 5.60 Å². The van der Waals surface area contributed by atoms with Gasteiger partial charge < -0.3 is 15.0 Å². The van der Waals surface area contributed by atoms with Gasteiger partial charge in [0.1, 0.15) is 5.60 Å². The molecule has 5 heteroatoms. The normalized spacial score (nSPS) is 26.1. The molecule has 0 spiro atoms. The lowest BCUT2D eigenvalue weighted by Crippen LogP contribution is -2.62. The number of benzene rings is 2. The van der Waals surface area contributed by atoms with Crippen LogP contribution >= 0.6 is 0 Å². The van der Waals surface area contributed by atoms with E-state index in [0.29, 0.717) is 11.5 Å². The van der Waals surface area contributed by atoms with Gasteiger partial charge in [-0.05, 0) is 87.8 Å². The van der Waals surface area contributed by atoms with Crippen molar-refractivity contribution in [3.8, 4) is 0 Å². The number of rotatable bonds is 2. The quantitative estimate of drug-likeness (QED) is 0.622. The molecule has 1 heterocycles. The van der Waals surface area contributed by atoms with E-state index in [9.17, 15) is 9.59 Å². The van der Waals surface area contributed by atoms with E-state index in [-0.39, 0.29) is 23.5 Å². The summed E-state index contributed by atoms with van der Waals surface area (Å²) in [5.74, 6) is 0.355. The lowest BCUT2D eigenvalue weighted by Gasteiger charge is -2.58. The predicted molar refractivity (Wildman–Crippen MR) is 130 cm³/mol. The van der Waals surface area contributed by atoms with E-state index in [0.717, 1.165) is 37.9 Å². The van der Waals surface area contributed by atoms with Gasteiger partial charge in [0, 0.05) is 29.3 Å². The topological polar surface area (TPSA) is 58.6 Å². The number of nitrogens with zero attached hydrogens (tertiary/aromatic N) is 1. The van der Waals surface area contributed by atoms with Crippen molar-refractivity contribution in [3.63, 3.8) is 0 Å². The summed E-state index contributed by atoms with van der Waals surface area (Å²) < 4.78 is 5.78.